The topological polar surface area (TPSA) is 97.7 Å². The molecular formula is C27H23N3O5. The van der Waals surface area contributed by atoms with Crippen molar-refractivity contribution in [2.24, 2.45) is 0 Å². The third kappa shape index (κ3) is 3.73. The zero-order chi connectivity index (χ0) is 24.7. The van der Waals surface area contributed by atoms with Crippen molar-refractivity contribution in [2.75, 3.05) is 11.9 Å². The highest BCUT2D eigenvalue weighted by molar-refractivity contribution is 6.22. The van der Waals surface area contributed by atoms with Gasteiger partial charge in [-0.15, -0.1) is 0 Å². The van der Waals surface area contributed by atoms with E-state index in [-0.39, 0.29) is 11.1 Å². The van der Waals surface area contributed by atoms with Gasteiger partial charge in [0.1, 0.15) is 6.04 Å². The largest absolute Gasteiger partial charge is 0.454 e. The molecule has 0 spiro atoms. The van der Waals surface area contributed by atoms with Crippen LogP contribution in [0.15, 0.2) is 66.7 Å². The minimum Gasteiger partial charge on any atom is -0.454 e. The first kappa shape index (κ1) is 22.3. The number of aromatic nitrogens is 1. The fourth-order valence-electron chi connectivity index (χ4n) is 4.59. The molecular weight excluding hydrogens is 446 g/mol. The van der Waals surface area contributed by atoms with Crippen molar-refractivity contribution in [3.63, 3.8) is 0 Å². The highest BCUT2D eigenvalue weighted by atomic mass is 16.5. The van der Waals surface area contributed by atoms with E-state index in [9.17, 15) is 19.2 Å². The molecule has 3 amide bonds. The zero-order valence-electron chi connectivity index (χ0n) is 19.3. The van der Waals surface area contributed by atoms with Crippen molar-refractivity contribution in [1.82, 2.24) is 9.47 Å². The van der Waals surface area contributed by atoms with E-state index >= 15 is 0 Å². The molecule has 8 nitrogen and oxygen atoms in total. The Balaban J connectivity index is 1.26. The fraction of sp³-hybridized carbons (Fsp3) is 0.185. The maximum atomic E-state index is 12.6. The summed E-state index contributed by atoms with van der Waals surface area (Å²) in [6.45, 7) is 3.76. The second kappa shape index (κ2) is 8.72. The Morgan fingerprint density at radius 2 is 1.51 bits per heavy atom. The number of esters is 1. The summed E-state index contributed by atoms with van der Waals surface area (Å²) < 4.78 is 7.33. The molecule has 1 aromatic heterocycles. The first-order valence-corrected chi connectivity index (χ1v) is 11.3. The number of hydrogen-bond acceptors (Lipinski definition) is 5. The monoisotopic (exact) mass is 469 g/mol. The number of rotatable bonds is 6. The number of nitrogens with zero attached hydrogens (tertiary/aromatic N) is 2. The smallest absolute Gasteiger partial charge is 0.329 e. The predicted molar refractivity (Wildman–Crippen MR) is 131 cm³/mol. The molecule has 3 aromatic carbocycles. The van der Waals surface area contributed by atoms with Crippen LogP contribution < -0.4 is 5.32 Å². The van der Waals surface area contributed by atoms with Gasteiger partial charge < -0.3 is 14.6 Å². The van der Waals surface area contributed by atoms with Crippen molar-refractivity contribution in [1.29, 1.82) is 0 Å². The Labute approximate surface area is 201 Å². The van der Waals surface area contributed by atoms with E-state index in [0.29, 0.717) is 5.69 Å². The Kier molecular flexibility index (Phi) is 5.56. The number of carbonyl (C=O) groups excluding carboxylic acids is 4. The molecule has 0 radical (unpaired) electrons. The molecule has 4 aromatic rings. The van der Waals surface area contributed by atoms with Gasteiger partial charge in [-0.2, -0.15) is 0 Å². The van der Waals surface area contributed by atoms with Crippen molar-refractivity contribution in [3.8, 4) is 0 Å². The molecule has 0 unspecified atom stereocenters. The van der Waals surface area contributed by atoms with E-state index < -0.39 is 36.3 Å². The summed E-state index contributed by atoms with van der Waals surface area (Å²) in [5.41, 5.74) is 3.24. The van der Waals surface area contributed by atoms with Crippen LogP contribution in [0.3, 0.4) is 0 Å². The van der Waals surface area contributed by atoms with Gasteiger partial charge in [0.05, 0.1) is 11.1 Å². The molecule has 1 N–H and O–H groups in total. The lowest BCUT2D eigenvalue weighted by Gasteiger charge is -2.20. The van der Waals surface area contributed by atoms with E-state index in [2.05, 4.69) is 22.9 Å². The van der Waals surface area contributed by atoms with Gasteiger partial charge in [0.15, 0.2) is 6.61 Å². The number of amides is 3. The van der Waals surface area contributed by atoms with Crippen molar-refractivity contribution in [2.45, 2.75) is 26.4 Å². The number of fused-ring (bicyclic) bond motifs is 4. The molecule has 8 heteroatoms. The highest BCUT2D eigenvalue weighted by Crippen LogP contribution is 2.31. The third-order valence-corrected chi connectivity index (χ3v) is 6.27. The summed E-state index contributed by atoms with van der Waals surface area (Å²) in [7, 11) is 0. The number of benzene rings is 3. The molecule has 35 heavy (non-hydrogen) atoms. The maximum Gasteiger partial charge on any atom is 0.329 e. The molecule has 5 rings (SSSR count). The average molecular weight is 469 g/mol. The fourth-order valence-corrected chi connectivity index (χ4v) is 4.59. The van der Waals surface area contributed by atoms with Crippen LogP contribution in [0, 0.1) is 0 Å². The van der Waals surface area contributed by atoms with E-state index in [1.165, 1.54) is 19.1 Å². The second-order valence-corrected chi connectivity index (χ2v) is 8.35. The third-order valence-electron chi connectivity index (χ3n) is 6.27. The van der Waals surface area contributed by atoms with Crippen molar-refractivity contribution >= 4 is 51.2 Å². The number of ether oxygens (including phenoxy) is 1. The van der Waals surface area contributed by atoms with Crippen LogP contribution in [0.1, 0.15) is 34.6 Å². The van der Waals surface area contributed by atoms with Crippen LogP contribution in [0.5, 0.6) is 0 Å². The maximum absolute atomic E-state index is 12.6. The molecule has 1 atom stereocenters. The summed E-state index contributed by atoms with van der Waals surface area (Å²) in [5, 5.41) is 4.84. The minimum atomic E-state index is -1.16. The van der Waals surface area contributed by atoms with Crippen molar-refractivity contribution in [3.05, 3.63) is 77.9 Å². The van der Waals surface area contributed by atoms with Gasteiger partial charge in [-0.05, 0) is 50.2 Å². The number of para-hydroxylation sites is 1. The minimum absolute atomic E-state index is 0.245. The Bertz CT molecular complexity index is 1490. The summed E-state index contributed by atoms with van der Waals surface area (Å²) in [4.78, 5) is 51.0. The Morgan fingerprint density at radius 3 is 2.20 bits per heavy atom. The van der Waals surface area contributed by atoms with Crippen LogP contribution in [-0.2, 0) is 20.9 Å². The molecule has 0 saturated carbocycles. The van der Waals surface area contributed by atoms with E-state index in [0.717, 1.165) is 33.3 Å². The molecule has 0 saturated heterocycles. The van der Waals surface area contributed by atoms with Gasteiger partial charge in [0.2, 0.25) is 0 Å². The SMILES string of the molecule is CCn1c2ccccc2c2cc(NC(=O)COC(=O)[C@H](C)N3C(=O)c4ccccc4C3=O)ccc21. The molecule has 1 aliphatic heterocycles. The molecule has 2 heterocycles. The molecule has 0 bridgehead atoms. The standard InChI is InChI=1S/C27H23N3O5/c1-3-29-22-11-7-6-8-18(22)21-14-17(12-13-23(21)29)28-24(31)15-35-27(34)16(2)30-25(32)19-9-4-5-10-20(19)26(30)33/h4-14,16H,3,15H2,1-2H3,(H,28,31)/t16-/m0/s1. The van der Waals surface area contributed by atoms with Gasteiger partial charge in [0, 0.05) is 34.0 Å². The van der Waals surface area contributed by atoms with Gasteiger partial charge in [-0.3, -0.25) is 19.3 Å². The Hall–Kier alpha value is -4.46. The second-order valence-electron chi connectivity index (χ2n) is 8.35. The number of aryl methyl sites for hydroxylation is 1. The summed E-state index contributed by atoms with van der Waals surface area (Å²) >= 11 is 0. The molecule has 0 fully saturated rings. The molecule has 176 valence electrons. The number of nitrogens with one attached hydrogen (secondary N) is 1. The number of imide groups is 1. The van der Waals surface area contributed by atoms with Crippen LogP contribution in [-0.4, -0.2) is 45.8 Å². The summed E-state index contributed by atoms with van der Waals surface area (Å²) in [5.74, 6) is -2.47. The van der Waals surface area contributed by atoms with E-state index in [1.807, 2.05) is 30.3 Å². The van der Waals surface area contributed by atoms with Crippen LogP contribution >= 0.6 is 0 Å². The summed E-state index contributed by atoms with van der Waals surface area (Å²) in [6, 6.07) is 18.9. The van der Waals surface area contributed by atoms with Crippen LogP contribution in [0.4, 0.5) is 5.69 Å². The molecule has 0 aliphatic carbocycles. The molecule has 1 aliphatic rings. The normalized spacial score (nSPS) is 13.8. The lowest BCUT2D eigenvalue weighted by Crippen LogP contribution is -2.44. The van der Waals surface area contributed by atoms with Gasteiger partial charge in [0.25, 0.3) is 17.7 Å². The first-order valence-electron chi connectivity index (χ1n) is 11.3. The van der Waals surface area contributed by atoms with E-state index in [4.69, 9.17) is 4.74 Å². The van der Waals surface area contributed by atoms with Crippen LogP contribution in [0.25, 0.3) is 21.8 Å². The van der Waals surface area contributed by atoms with Crippen molar-refractivity contribution < 1.29 is 23.9 Å². The number of anilines is 1. The van der Waals surface area contributed by atoms with E-state index in [1.54, 1.807) is 18.2 Å². The van der Waals surface area contributed by atoms with Gasteiger partial charge in [-0.25, -0.2) is 4.79 Å². The lowest BCUT2D eigenvalue weighted by molar-refractivity contribution is -0.150. The first-order chi connectivity index (χ1) is 16.9. The average Bonchev–Trinajstić information content (AvgIpc) is 3.33. The Morgan fingerprint density at radius 1 is 0.886 bits per heavy atom. The highest BCUT2D eigenvalue weighted by Gasteiger charge is 2.41. The zero-order valence-corrected chi connectivity index (χ0v) is 19.3. The number of hydrogen-bond donors (Lipinski definition) is 1. The summed E-state index contributed by atoms with van der Waals surface area (Å²) in [6.07, 6.45) is 0. The lowest BCUT2D eigenvalue weighted by atomic mass is 10.1. The van der Waals surface area contributed by atoms with Gasteiger partial charge >= 0.3 is 5.97 Å². The van der Waals surface area contributed by atoms with Gasteiger partial charge in [-0.1, -0.05) is 30.3 Å². The quantitative estimate of drug-likeness (QED) is 0.340. The number of carbonyl (C=O) groups is 4. The predicted octanol–water partition coefficient (Wildman–Crippen LogP) is 3.98. The van der Waals surface area contributed by atoms with Crippen LogP contribution in [0.2, 0.25) is 0 Å².